The molecule has 0 radical (unpaired) electrons. The number of hydrogen-bond acceptors (Lipinski definition) is 4. The van der Waals surface area contributed by atoms with Gasteiger partial charge in [0.15, 0.2) is 5.82 Å². The summed E-state index contributed by atoms with van der Waals surface area (Å²) in [5, 5.41) is 4.61. The Hall–Kier alpha value is -2.72. The van der Waals surface area contributed by atoms with Gasteiger partial charge in [0.05, 0.1) is 5.52 Å². The van der Waals surface area contributed by atoms with Gasteiger partial charge in [-0.2, -0.15) is 0 Å². The summed E-state index contributed by atoms with van der Waals surface area (Å²) in [5.41, 5.74) is 4.59. The smallest absolute Gasteiger partial charge is 0.154 e. The average Bonchev–Trinajstić information content (AvgIpc) is 2.71. The normalized spacial score (nSPS) is 11.6. The third kappa shape index (κ3) is 5.17. The van der Waals surface area contributed by atoms with Crippen molar-refractivity contribution < 1.29 is 0 Å². The molecule has 4 nitrogen and oxygen atoms in total. The molecule has 0 fully saturated rings. The standard InChI is InChI=1S/C24H30N4/c1-5-28(6-2)16-15-25-24-21-17-19(4)9-13-22(21)26-23(27-24)14-12-20-10-7-18(3)8-11-20/h7-14,17H,5-6,15-16H2,1-4H3,(H,25,26,27)/b14-12+. The zero-order valence-corrected chi connectivity index (χ0v) is 17.4. The minimum atomic E-state index is 0.724. The van der Waals surface area contributed by atoms with Crippen molar-refractivity contribution in [3.05, 3.63) is 65.0 Å². The molecule has 4 heteroatoms. The molecule has 146 valence electrons. The molecule has 0 saturated carbocycles. The molecule has 0 amide bonds. The molecule has 1 N–H and O–H groups in total. The number of hydrogen-bond donors (Lipinski definition) is 1. The number of aromatic nitrogens is 2. The van der Waals surface area contributed by atoms with Crippen LogP contribution in [0.4, 0.5) is 5.82 Å². The van der Waals surface area contributed by atoms with E-state index in [9.17, 15) is 0 Å². The Labute approximate surface area is 168 Å². The van der Waals surface area contributed by atoms with Gasteiger partial charge in [-0.1, -0.05) is 61.4 Å². The van der Waals surface area contributed by atoms with E-state index in [1.54, 1.807) is 0 Å². The van der Waals surface area contributed by atoms with Gasteiger partial charge >= 0.3 is 0 Å². The Balaban J connectivity index is 1.87. The largest absolute Gasteiger partial charge is 0.368 e. The molecular weight excluding hydrogens is 344 g/mol. The third-order valence-corrected chi connectivity index (χ3v) is 4.99. The molecule has 3 aromatic rings. The van der Waals surface area contributed by atoms with Crippen LogP contribution in [-0.2, 0) is 0 Å². The molecule has 1 aromatic heterocycles. The van der Waals surface area contributed by atoms with E-state index in [1.165, 1.54) is 11.1 Å². The fourth-order valence-corrected chi connectivity index (χ4v) is 3.19. The van der Waals surface area contributed by atoms with Gasteiger partial charge in [-0.25, -0.2) is 9.97 Å². The quantitative estimate of drug-likeness (QED) is 0.590. The summed E-state index contributed by atoms with van der Waals surface area (Å²) in [5.74, 6) is 1.63. The number of nitrogens with zero attached hydrogens (tertiary/aromatic N) is 3. The molecule has 28 heavy (non-hydrogen) atoms. The van der Waals surface area contributed by atoms with Crippen molar-refractivity contribution in [2.75, 3.05) is 31.5 Å². The monoisotopic (exact) mass is 374 g/mol. The van der Waals surface area contributed by atoms with Crippen LogP contribution < -0.4 is 5.32 Å². The number of anilines is 1. The number of aryl methyl sites for hydroxylation is 2. The van der Waals surface area contributed by atoms with Gasteiger partial charge in [-0.05, 0) is 50.7 Å². The van der Waals surface area contributed by atoms with Crippen LogP contribution in [0, 0.1) is 13.8 Å². The highest BCUT2D eigenvalue weighted by Crippen LogP contribution is 2.22. The Morgan fingerprint density at radius 3 is 2.32 bits per heavy atom. The topological polar surface area (TPSA) is 41.0 Å². The summed E-state index contributed by atoms with van der Waals surface area (Å²) in [6, 6.07) is 14.8. The fraction of sp³-hybridized carbons (Fsp3) is 0.333. The molecule has 3 rings (SSSR count). The van der Waals surface area contributed by atoms with E-state index in [-0.39, 0.29) is 0 Å². The van der Waals surface area contributed by atoms with Gasteiger partial charge in [-0.15, -0.1) is 0 Å². The lowest BCUT2D eigenvalue weighted by molar-refractivity contribution is 0.316. The second-order valence-electron chi connectivity index (χ2n) is 7.15. The Morgan fingerprint density at radius 1 is 0.893 bits per heavy atom. The Bertz CT molecular complexity index is 941. The summed E-state index contributed by atoms with van der Waals surface area (Å²) in [4.78, 5) is 11.9. The van der Waals surface area contributed by atoms with Crippen LogP contribution in [0.5, 0.6) is 0 Å². The van der Waals surface area contributed by atoms with Gasteiger partial charge in [0.2, 0.25) is 0 Å². The highest BCUT2D eigenvalue weighted by Gasteiger charge is 2.07. The molecule has 1 heterocycles. The first kappa shape index (κ1) is 20.0. The summed E-state index contributed by atoms with van der Waals surface area (Å²) < 4.78 is 0. The molecule has 0 aliphatic heterocycles. The summed E-state index contributed by atoms with van der Waals surface area (Å²) in [6.07, 6.45) is 4.05. The predicted molar refractivity (Wildman–Crippen MR) is 121 cm³/mol. The molecule has 2 aromatic carbocycles. The van der Waals surface area contributed by atoms with Gasteiger partial charge in [0, 0.05) is 18.5 Å². The highest BCUT2D eigenvalue weighted by molar-refractivity contribution is 5.90. The van der Waals surface area contributed by atoms with Crippen molar-refractivity contribution in [1.29, 1.82) is 0 Å². The van der Waals surface area contributed by atoms with Crippen LogP contribution >= 0.6 is 0 Å². The van der Waals surface area contributed by atoms with Crippen molar-refractivity contribution >= 4 is 28.9 Å². The molecule has 0 unspecified atom stereocenters. The molecule has 0 aliphatic carbocycles. The van der Waals surface area contributed by atoms with E-state index in [0.717, 1.165) is 54.3 Å². The zero-order chi connectivity index (χ0) is 19.9. The van der Waals surface area contributed by atoms with Crippen molar-refractivity contribution in [2.45, 2.75) is 27.7 Å². The van der Waals surface area contributed by atoms with E-state index in [4.69, 9.17) is 9.97 Å². The summed E-state index contributed by atoms with van der Waals surface area (Å²) >= 11 is 0. The van der Waals surface area contributed by atoms with E-state index >= 15 is 0 Å². The Kier molecular flexibility index (Phi) is 6.77. The maximum absolute atomic E-state index is 4.80. The van der Waals surface area contributed by atoms with Crippen LogP contribution in [-0.4, -0.2) is 41.0 Å². The maximum atomic E-state index is 4.80. The molecular formula is C24H30N4. The van der Waals surface area contributed by atoms with E-state index in [0.29, 0.717) is 0 Å². The number of nitrogens with one attached hydrogen (secondary N) is 1. The van der Waals surface area contributed by atoms with Crippen molar-refractivity contribution in [3.63, 3.8) is 0 Å². The highest BCUT2D eigenvalue weighted by atomic mass is 15.1. The summed E-state index contributed by atoms with van der Waals surface area (Å²) in [7, 11) is 0. The van der Waals surface area contributed by atoms with E-state index in [2.05, 4.69) is 86.5 Å². The lowest BCUT2D eigenvalue weighted by atomic mass is 10.1. The second kappa shape index (κ2) is 9.47. The first-order chi connectivity index (χ1) is 13.6. The molecule has 0 aliphatic rings. The number of benzene rings is 2. The van der Waals surface area contributed by atoms with E-state index < -0.39 is 0 Å². The molecule has 0 saturated heterocycles. The van der Waals surface area contributed by atoms with Crippen LogP contribution in [0.3, 0.4) is 0 Å². The first-order valence-corrected chi connectivity index (χ1v) is 10.1. The Morgan fingerprint density at radius 2 is 1.61 bits per heavy atom. The van der Waals surface area contributed by atoms with Gasteiger partial charge in [0.1, 0.15) is 5.82 Å². The number of rotatable bonds is 8. The first-order valence-electron chi connectivity index (χ1n) is 10.1. The number of fused-ring (bicyclic) bond motifs is 1. The minimum Gasteiger partial charge on any atom is -0.368 e. The lowest BCUT2D eigenvalue weighted by Crippen LogP contribution is -2.28. The van der Waals surface area contributed by atoms with Crippen LogP contribution in [0.15, 0.2) is 42.5 Å². The van der Waals surface area contributed by atoms with Crippen molar-refractivity contribution in [1.82, 2.24) is 14.9 Å². The zero-order valence-electron chi connectivity index (χ0n) is 17.4. The van der Waals surface area contributed by atoms with Crippen LogP contribution in [0.1, 0.15) is 36.4 Å². The van der Waals surface area contributed by atoms with Gasteiger partial charge in [0.25, 0.3) is 0 Å². The maximum Gasteiger partial charge on any atom is 0.154 e. The van der Waals surface area contributed by atoms with Gasteiger partial charge < -0.3 is 10.2 Å². The fourth-order valence-electron chi connectivity index (χ4n) is 3.19. The lowest BCUT2D eigenvalue weighted by Gasteiger charge is -2.18. The summed E-state index contributed by atoms with van der Waals surface area (Å²) in [6.45, 7) is 12.6. The minimum absolute atomic E-state index is 0.724. The predicted octanol–water partition coefficient (Wildman–Crippen LogP) is 5.17. The molecule has 0 spiro atoms. The molecule has 0 bridgehead atoms. The van der Waals surface area contributed by atoms with Crippen molar-refractivity contribution in [3.8, 4) is 0 Å². The second-order valence-corrected chi connectivity index (χ2v) is 7.15. The SMILES string of the molecule is CCN(CC)CCNc1nc(/C=C/c2ccc(C)cc2)nc2ccc(C)cc12. The van der Waals surface area contributed by atoms with Crippen molar-refractivity contribution in [2.24, 2.45) is 0 Å². The average molecular weight is 375 g/mol. The molecule has 0 atom stereocenters. The van der Waals surface area contributed by atoms with Crippen LogP contribution in [0.2, 0.25) is 0 Å². The van der Waals surface area contributed by atoms with E-state index in [1.807, 2.05) is 6.08 Å². The van der Waals surface area contributed by atoms with Crippen LogP contribution in [0.25, 0.3) is 23.1 Å². The van der Waals surface area contributed by atoms with Gasteiger partial charge in [-0.3, -0.25) is 0 Å². The third-order valence-electron chi connectivity index (χ3n) is 4.99. The number of likely N-dealkylation sites (N-methyl/N-ethyl adjacent to an activating group) is 1.